The molecule has 0 aliphatic heterocycles. The number of aromatic nitrogens is 3. The lowest BCUT2D eigenvalue weighted by atomic mass is 10.1. The van der Waals surface area contributed by atoms with Gasteiger partial charge in [0.25, 0.3) is 0 Å². The number of rotatable bonds is 5. The van der Waals surface area contributed by atoms with E-state index in [1.165, 1.54) is 12.1 Å². The normalized spacial score (nSPS) is 11.1. The summed E-state index contributed by atoms with van der Waals surface area (Å²) in [7, 11) is 1.62. The minimum absolute atomic E-state index is 0.271. The second-order valence-electron chi connectivity index (χ2n) is 7.07. The highest BCUT2D eigenvalue weighted by Gasteiger charge is 2.13. The van der Waals surface area contributed by atoms with E-state index in [1.807, 2.05) is 47.1 Å². The number of pyridine rings is 1. The van der Waals surface area contributed by atoms with E-state index in [0.29, 0.717) is 17.4 Å². The summed E-state index contributed by atoms with van der Waals surface area (Å²) in [6.45, 7) is 1.80. The van der Waals surface area contributed by atoms with Crippen LogP contribution in [0.1, 0.15) is 5.89 Å². The number of nitrogens with zero attached hydrogens (tertiary/aromatic N) is 3. The molecule has 0 bridgehead atoms. The van der Waals surface area contributed by atoms with E-state index in [2.05, 4.69) is 10.3 Å². The van der Waals surface area contributed by atoms with Gasteiger partial charge in [-0.1, -0.05) is 0 Å². The number of ether oxygens (including phenoxy) is 1. The van der Waals surface area contributed by atoms with E-state index in [-0.39, 0.29) is 5.82 Å². The van der Waals surface area contributed by atoms with Crippen LogP contribution in [0.3, 0.4) is 0 Å². The largest absolute Gasteiger partial charge is 0.496 e. The van der Waals surface area contributed by atoms with Crippen LogP contribution in [0, 0.1) is 12.7 Å². The molecule has 3 heterocycles. The highest BCUT2D eigenvalue weighted by Crippen LogP contribution is 2.34. The van der Waals surface area contributed by atoms with Gasteiger partial charge >= 0.3 is 0 Å². The zero-order valence-electron chi connectivity index (χ0n) is 17.0. The molecule has 6 nitrogen and oxygen atoms in total. The van der Waals surface area contributed by atoms with E-state index in [4.69, 9.17) is 14.1 Å². The molecule has 5 rings (SSSR count). The molecular weight excluding hydrogens is 395 g/mol. The number of oxazole rings is 1. The van der Waals surface area contributed by atoms with E-state index in [0.717, 1.165) is 33.8 Å². The number of halogens is 1. The fourth-order valence-electron chi connectivity index (χ4n) is 3.48. The van der Waals surface area contributed by atoms with Gasteiger partial charge in [0.1, 0.15) is 11.6 Å². The van der Waals surface area contributed by atoms with E-state index >= 15 is 0 Å². The summed E-state index contributed by atoms with van der Waals surface area (Å²) in [5, 5.41) is 3.41. The number of anilines is 2. The lowest BCUT2D eigenvalue weighted by Crippen LogP contribution is -1.96. The molecule has 154 valence electrons. The molecule has 5 aromatic rings. The van der Waals surface area contributed by atoms with Gasteiger partial charge in [-0.05, 0) is 48.5 Å². The topological polar surface area (TPSA) is 64.6 Å². The van der Waals surface area contributed by atoms with E-state index < -0.39 is 0 Å². The highest BCUT2D eigenvalue weighted by atomic mass is 19.1. The maximum atomic E-state index is 13.3. The monoisotopic (exact) mass is 414 g/mol. The molecular formula is C24H19FN4O2. The maximum absolute atomic E-state index is 13.3. The number of hydrogen-bond donors (Lipinski definition) is 1. The van der Waals surface area contributed by atoms with Crippen molar-refractivity contribution >= 4 is 17.0 Å². The van der Waals surface area contributed by atoms with E-state index in [1.54, 1.807) is 32.4 Å². The fourth-order valence-corrected chi connectivity index (χ4v) is 3.48. The molecule has 0 atom stereocenters. The number of imidazole rings is 1. The SMILES string of the molecule is COc1cc(Nc2cccn3cc(-c4ccc(F)cc4)nc23)ccc1-c1cnc(C)o1. The average molecular weight is 414 g/mol. The first-order valence-electron chi connectivity index (χ1n) is 9.72. The molecule has 0 fully saturated rings. The quantitative estimate of drug-likeness (QED) is 0.390. The molecule has 1 N–H and O–H groups in total. The average Bonchev–Trinajstić information content (AvgIpc) is 3.41. The van der Waals surface area contributed by atoms with Crippen molar-refractivity contribution in [3.8, 4) is 28.3 Å². The first-order chi connectivity index (χ1) is 15.1. The summed E-state index contributed by atoms with van der Waals surface area (Å²) in [5.41, 5.74) is 4.88. The van der Waals surface area contributed by atoms with Crippen molar-refractivity contribution in [1.82, 2.24) is 14.4 Å². The first kappa shape index (κ1) is 18.9. The molecule has 0 amide bonds. The zero-order valence-corrected chi connectivity index (χ0v) is 17.0. The Morgan fingerprint density at radius 3 is 2.68 bits per heavy atom. The number of aryl methyl sites for hydroxylation is 1. The second-order valence-corrected chi connectivity index (χ2v) is 7.07. The summed E-state index contributed by atoms with van der Waals surface area (Å²) in [4.78, 5) is 8.90. The Hall–Kier alpha value is -4.13. The van der Waals surface area contributed by atoms with Gasteiger partial charge in [0.05, 0.1) is 30.3 Å². The third kappa shape index (κ3) is 3.61. The smallest absolute Gasteiger partial charge is 0.191 e. The number of fused-ring (bicyclic) bond motifs is 1. The summed E-state index contributed by atoms with van der Waals surface area (Å²) >= 11 is 0. The Bertz CT molecular complexity index is 1370. The van der Waals surface area contributed by atoms with Crippen molar-refractivity contribution < 1.29 is 13.5 Å². The van der Waals surface area contributed by atoms with Gasteiger partial charge in [-0.3, -0.25) is 0 Å². The van der Waals surface area contributed by atoms with Crippen LogP contribution in [0.15, 0.2) is 77.6 Å². The van der Waals surface area contributed by atoms with Gasteiger partial charge in [-0.25, -0.2) is 14.4 Å². The van der Waals surface area contributed by atoms with Gasteiger partial charge in [0.2, 0.25) is 0 Å². The number of methoxy groups -OCH3 is 1. The molecule has 0 aliphatic carbocycles. The van der Waals surface area contributed by atoms with Crippen LogP contribution < -0.4 is 10.1 Å². The Kier molecular flexibility index (Phi) is 4.63. The maximum Gasteiger partial charge on any atom is 0.191 e. The van der Waals surface area contributed by atoms with Gasteiger partial charge in [0.15, 0.2) is 17.3 Å². The summed E-state index contributed by atoms with van der Waals surface area (Å²) in [6, 6.07) is 16.0. The summed E-state index contributed by atoms with van der Waals surface area (Å²) in [5.74, 6) is 1.65. The van der Waals surface area contributed by atoms with Gasteiger partial charge in [0, 0.05) is 36.6 Å². The molecule has 0 radical (unpaired) electrons. The van der Waals surface area contributed by atoms with Crippen LogP contribution in [-0.2, 0) is 0 Å². The van der Waals surface area contributed by atoms with Gasteiger partial charge < -0.3 is 18.9 Å². The Balaban J connectivity index is 1.49. The zero-order chi connectivity index (χ0) is 21.4. The highest BCUT2D eigenvalue weighted by molar-refractivity contribution is 5.79. The summed E-state index contributed by atoms with van der Waals surface area (Å²) in [6.07, 6.45) is 5.53. The van der Waals surface area contributed by atoms with Crippen LogP contribution in [0.4, 0.5) is 15.8 Å². The van der Waals surface area contributed by atoms with Crippen molar-refractivity contribution in [2.75, 3.05) is 12.4 Å². The van der Waals surface area contributed by atoms with Gasteiger partial charge in [-0.2, -0.15) is 0 Å². The van der Waals surface area contributed by atoms with Crippen LogP contribution >= 0.6 is 0 Å². The standard InChI is InChI=1S/C24H19FN4O2/c1-15-26-13-23(31-15)19-10-9-18(12-22(19)30-2)27-20-4-3-11-29-14-21(28-24(20)29)16-5-7-17(25)8-6-16/h3-14,27H,1-2H3. The predicted molar refractivity (Wildman–Crippen MR) is 117 cm³/mol. The molecule has 7 heteroatoms. The molecule has 0 saturated carbocycles. The van der Waals surface area contributed by atoms with Crippen molar-refractivity contribution in [3.63, 3.8) is 0 Å². The van der Waals surface area contributed by atoms with Crippen molar-refractivity contribution in [2.24, 2.45) is 0 Å². The van der Waals surface area contributed by atoms with Crippen LogP contribution in [0.5, 0.6) is 5.75 Å². The third-order valence-corrected chi connectivity index (χ3v) is 4.99. The Labute approximate surface area is 178 Å². The minimum atomic E-state index is -0.271. The third-order valence-electron chi connectivity index (χ3n) is 4.99. The van der Waals surface area contributed by atoms with Crippen LogP contribution in [-0.4, -0.2) is 21.5 Å². The Morgan fingerprint density at radius 1 is 1.10 bits per heavy atom. The lowest BCUT2D eigenvalue weighted by molar-refractivity contribution is 0.414. The first-order valence-corrected chi connectivity index (χ1v) is 9.72. The van der Waals surface area contributed by atoms with Crippen molar-refractivity contribution in [3.05, 3.63) is 84.9 Å². The predicted octanol–water partition coefficient (Wildman–Crippen LogP) is 5.86. The van der Waals surface area contributed by atoms with Crippen molar-refractivity contribution in [1.29, 1.82) is 0 Å². The molecule has 31 heavy (non-hydrogen) atoms. The van der Waals surface area contributed by atoms with Gasteiger partial charge in [-0.15, -0.1) is 0 Å². The van der Waals surface area contributed by atoms with E-state index in [9.17, 15) is 4.39 Å². The van der Waals surface area contributed by atoms with Crippen LogP contribution in [0.25, 0.3) is 28.2 Å². The molecule has 0 saturated heterocycles. The molecule has 0 unspecified atom stereocenters. The molecule has 0 spiro atoms. The number of nitrogens with one attached hydrogen (secondary N) is 1. The summed E-state index contributed by atoms with van der Waals surface area (Å²) < 4.78 is 26.4. The van der Waals surface area contributed by atoms with Crippen molar-refractivity contribution in [2.45, 2.75) is 6.92 Å². The lowest BCUT2D eigenvalue weighted by Gasteiger charge is -2.11. The second kappa shape index (κ2) is 7.60. The van der Waals surface area contributed by atoms with Crippen LogP contribution in [0.2, 0.25) is 0 Å². The number of benzene rings is 2. The molecule has 3 aromatic heterocycles. The molecule has 0 aliphatic rings. The Morgan fingerprint density at radius 2 is 1.94 bits per heavy atom. The number of hydrogen-bond acceptors (Lipinski definition) is 5. The molecule has 2 aromatic carbocycles. The minimum Gasteiger partial charge on any atom is -0.496 e. The fraction of sp³-hybridized carbons (Fsp3) is 0.0833.